The number of methoxy groups -OCH3 is 1. The summed E-state index contributed by atoms with van der Waals surface area (Å²) < 4.78 is 5.73. The Morgan fingerprint density at radius 3 is 2.89 bits per heavy atom. The van der Waals surface area contributed by atoms with Crippen molar-refractivity contribution in [2.24, 2.45) is 0 Å². The molecular weight excluding hydrogens is 326 g/mol. The molecule has 0 bridgehead atoms. The Kier molecular flexibility index (Phi) is 8.18. The first-order chi connectivity index (χ1) is 9.17. The molecule has 1 rings (SSSR count). The molecule has 1 aromatic rings. The minimum atomic E-state index is -0.160. The third-order valence-electron chi connectivity index (χ3n) is 2.57. The van der Waals surface area contributed by atoms with Crippen molar-refractivity contribution >= 4 is 33.7 Å². The van der Waals surface area contributed by atoms with Crippen LogP contribution >= 0.6 is 27.7 Å². The number of ether oxygens (including phenoxy) is 1. The highest BCUT2D eigenvalue weighted by atomic mass is 79.9. The minimum Gasteiger partial charge on any atom is -0.469 e. The number of nitrogens with one attached hydrogen (secondary N) is 1. The predicted octanol–water partition coefficient (Wildman–Crippen LogP) is 3.60. The number of esters is 1. The summed E-state index contributed by atoms with van der Waals surface area (Å²) in [6.45, 7) is 4.06. The van der Waals surface area contributed by atoms with E-state index in [-0.39, 0.29) is 5.97 Å². The summed E-state index contributed by atoms with van der Waals surface area (Å²) >= 11 is 5.25. The first-order valence-electron chi connectivity index (χ1n) is 6.36. The van der Waals surface area contributed by atoms with Gasteiger partial charge in [-0.1, -0.05) is 28.9 Å². The van der Waals surface area contributed by atoms with E-state index in [0.717, 1.165) is 34.6 Å². The molecule has 0 saturated heterocycles. The molecular formula is C14H20BrNO2S. The summed E-state index contributed by atoms with van der Waals surface area (Å²) in [5, 5.41) is 3.38. The molecule has 0 aliphatic carbocycles. The number of hydrogen-bond acceptors (Lipinski definition) is 4. The quantitative estimate of drug-likeness (QED) is 0.443. The first-order valence-corrected chi connectivity index (χ1v) is 8.14. The molecule has 0 amide bonds. The Balaban J connectivity index is 2.44. The van der Waals surface area contributed by atoms with Gasteiger partial charge in [0.2, 0.25) is 0 Å². The summed E-state index contributed by atoms with van der Waals surface area (Å²) in [6, 6.07) is 6.31. The molecule has 0 radical (unpaired) electrons. The Bertz CT molecular complexity index is 412. The van der Waals surface area contributed by atoms with E-state index in [1.54, 1.807) is 11.8 Å². The van der Waals surface area contributed by atoms with Crippen LogP contribution in [0.4, 0.5) is 0 Å². The summed E-state index contributed by atoms with van der Waals surface area (Å²) in [4.78, 5) is 12.2. The van der Waals surface area contributed by atoms with Gasteiger partial charge >= 0.3 is 5.97 Å². The zero-order valence-corrected chi connectivity index (χ0v) is 13.8. The van der Waals surface area contributed by atoms with Gasteiger partial charge < -0.3 is 10.1 Å². The molecule has 0 aliphatic heterocycles. The summed E-state index contributed by atoms with van der Waals surface area (Å²) in [7, 11) is 1.42. The van der Waals surface area contributed by atoms with Crippen molar-refractivity contribution in [1.29, 1.82) is 0 Å². The highest BCUT2D eigenvalue weighted by Gasteiger charge is 2.04. The normalized spacial score (nSPS) is 10.5. The van der Waals surface area contributed by atoms with Crippen LogP contribution in [0.1, 0.15) is 25.3 Å². The zero-order valence-electron chi connectivity index (χ0n) is 11.4. The monoisotopic (exact) mass is 345 g/mol. The van der Waals surface area contributed by atoms with Crippen LogP contribution in [0.15, 0.2) is 27.6 Å². The van der Waals surface area contributed by atoms with Crippen LogP contribution in [0.2, 0.25) is 0 Å². The second-order valence-corrected chi connectivity index (χ2v) is 6.13. The van der Waals surface area contributed by atoms with Gasteiger partial charge in [-0.3, -0.25) is 4.79 Å². The molecule has 0 unspecified atom stereocenters. The molecule has 0 aliphatic rings. The lowest BCUT2D eigenvalue weighted by molar-refractivity contribution is -0.140. The molecule has 0 saturated carbocycles. The minimum absolute atomic E-state index is 0.160. The second-order valence-electron chi connectivity index (χ2n) is 4.10. The van der Waals surface area contributed by atoms with Crippen LogP contribution in [-0.4, -0.2) is 25.4 Å². The fraction of sp³-hybridized carbons (Fsp3) is 0.500. The number of carbonyl (C=O) groups excluding carboxylic acids is 1. The van der Waals surface area contributed by atoms with Crippen LogP contribution in [-0.2, 0) is 16.1 Å². The summed E-state index contributed by atoms with van der Waals surface area (Å²) in [5.41, 5.74) is 1.26. The molecule has 1 aromatic carbocycles. The smallest absolute Gasteiger partial charge is 0.306 e. The summed E-state index contributed by atoms with van der Waals surface area (Å²) in [6.07, 6.45) is 1.58. The van der Waals surface area contributed by atoms with E-state index in [0.29, 0.717) is 6.42 Å². The van der Waals surface area contributed by atoms with E-state index in [4.69, 9.17) is 0 Å². The Labute approximate surface area is 127 Å². The molecule has 5 heteroatoms. The highest BCUT2D eigenvalue weighted by molar-refractivity contribution is 9.10. The third-order valence-corrected chi connectivity index (χ3v) is 4.30. The zero-order chi connectivity index (χ0) is 14.1. The third kappa shape index (κ3) is 6.45. The molecule has 1 N–H and O–H groups in total. The fourth-order valence-electron chi connectivity index (χ4n) is 1.52. The van der Waals surface area contributed by atoms with Crippen LogP contribution in [0.3, 0.4) is 0 Å². The van der Waals surface area contributed by atoms with Gasteiger partial charge in [-0.05, 0) is 30.7 Å². The molecule has 106 valence electrons. The maximum atomic E-state index is 11.0. The standard InChI is InChI=1S/C14H20BrNO2S/c1-3-7-16-10-11-4-5-12(9-13(11)15)19-8-6-14(17)18-2/h4-5,9,16H,3,6-8,10H2,1-2H3. The van der Waals surface area contributed by atoms with Gasteiger partial charge in [-0.25, -0.2) is 0 Å². The van der Waals surface area contributed by atoms with Gasteiger partial charge in [0, 0.05) is 21.7 Å². The van der Waals surface area contributed by atoms with Gasteiger partial charge in [-0.15, -0.1) is 11.8 Å². The molecule has 3 nitrogen and oxygen atoms in total. The van der Waals surface area contributed by atoms with Crippen LogP contribution in [0, 0.1) is 0 Å². The predicted molar refractivity (Wildman–Crippen MR) is 83.5 cm³/mol. The Morgan fingerprint density at radius 2 is 2.26 bits per heavy atom. The van der Waals surface area contributed by atoms with E-state index >= 15 is 0 Å². The van der Waals surface area contributed by atoms with Crippen LogP contribution in [0.5, 0.6) is 0 Å². The summed E-state index contributed by atoms with van der Waals surface area (Å²) in [5.74, 6) is 0.582. The molecule has 0 heterocycles. The molecule has 19 heavy (non-hydrogen) atoms. The van der Waals surface area contributed by atoms with Gasteiger partial charge in [0.1, 0.15) is 0 Å². The van der Waals surface area contributed by atoms with Gasteiger partial charge in [-0.2, -0.15) is 0 Å². The number of hydrogen-bond donors (Lipinski definition) is 1. The molecule has 0 aromatic heterocycles. The van der Waals surface area contributed by atoms with E-state index < -0.39 is 0 Å². The van der Waals surface area contributed by atoms with Crippen molar-refractivity contribution < 1.29 is 9.53 Å². The maximum absolute atomic E-state index is 11.0. The maximum Gasteiger partial charge on any atom is 0.306 e. The van der Waals surface area contributed by atoms with Crippen molar-refractivity contribution in [1.82, 2.24) is 5.32 Å². The van der Waals surface area contributed by atoms with E-state index in [1.807, 2.05) is 0 Å². The van der Waals surface area contributed by atoms with Crippen molar-refractivity contribution in [3.63, 3.8) is 0 Å². The van der Waals surface area contributed by atoms with Crippen molar-refractivity contribution in [3.8, 4) is 0 Å². The van der Waals surface area contributed by atoms with Crippen molar-refractivity contribution in [2.45, 2.75) is 31.2 Å². The van der Waals surface area contributed by atoms with Crippen LogP contribution in [0.25, 0.3) is 0 Å². The lowest BCUT2D eigenvalue weighted by Crippen LogP contribution is -2.14. The van der Waals surface area contributed by atoms with Gasteiger partial charge in [0.05, 0.1) is 13.5 Å². The largest absolute Gasteiger partial charge is 0.469 e. The number of thioether (sulfide) groups is 1. The molecule has 0 fully saturated rings. The Morgan fingerprint density at radius 1 is 1.47 bits per heavy atom. The second kappa shape index (κ2) is 9.39. The number of benzene rings is 1. The van der Waals surface area contributed by atoms with Crippen molar-refractivity contribution in [2.75, 3.05) is 19.4 Å². The molecule has 0 spiro atoms. The lowest BCUT2D eigenvalue weighted by Gasteiger charge is -2.08. The number of carbonyl (C=O) groups is 1. The average Bonchev–Trinajstić information content (AvgIpc) is 2.41. The lowest BCUT2D eigenvalue weighted by atomic mass is 10.2. The number of halogens is 1. The van der Waals surface area contributed by atoms with Gasteiger partial charge in [0.15, 0.2) is 0 Å². The average molecular weight is 346 g/mol. The number of rotatable bonds is 8. The highest BCUT2D eigenvalue weighted by Crippen LogP contribution is 2.25. The topological polar surface area (TPSA) is 38.3 Å². The first kappa shape index (κ1) is 16.5. The van der Waals surface area contributed by atoms with Gasteiger partial charge in [0.25, 0.3) is 0 Å². The van der Waals surface area contributed by atoms with E-state index in [1.165, 1.54) is 12.7 Å². The van der Waals surface area contributed by atoms with Crippen LogP contribution < -0.4 is 5.32 Å². The Hall–Kier alpha value is -0.520. The SMILES string of the molecule is CCCNCc1ccc(SCCC(=O)OC)cc1Br. The van der Waals surface area contributed by atoms with E-state index in [2.05, 4.69) is 51.1 Å². The van der Waals surface area contributed by atoms with E-state index in [9.17, 15) is 4.79 Å². The molecule has 0 atom stereocenters. The fourth-order valence-corrected chi connectivity index (χ4v) is 3.06. The van der Waals surface area contributed by atoms with Crippen molar-refractivity contribution in [3.05, 3.63) is 28.2 Å².